The summed E-state index contributed by atoms with van der Waals surface area (Å²) < 4.78 is 0. The maximum Gasteiger partial charge on any atom is 0.0107 e. The Hall–Kier alpha value is -0.0800. The van der Waals surface area contributed by atoms with Crippen LogP contribution in [0.4, 0.5) is 0 Å². The molecule has 1 aliphatic carbocycles. The summed E-state index contributed by atoms with van der Waals surface area (Å²) in [6.45, 7) is 14.1. The topological polar surface area (TPSA) is 15.3 Å². The van der Waals surface area contributed by atoms with Gasteiger partial charge in [0.2, 0.25) is 0 Å². The van der Waals surface area contributed by atoms with Crippen molar-refractivity contribution in [3.05, 3.63) is 0 Å². The maximum atomic E-state index is 3.80. The van der Waals surface area contributed by atoms with Crippen LogP contribution in [0, 0.1) is 11.3 Å². The lowest BCUT2D eigenvalue weighted by Gasteiger charge is -2.30. The second-order valence-electron chi connectivity index (χ2n) is 7.96. The van der Waals surface area contributed by atoms with E-state index in [2.05, 4.69) is 51.9 Å². The molecule has 0 aromatic heterocycles. The van der Waals surface area contributed by atoms with Crippen molar-refractivity contribution >= 4 is 0 Å². The van der Waals surface area contributed by atoms with Gasteiger partial charge in [0.15, 0.2) is 0 Å². The Morgan fingerprint density at radius 1 is 1.15 bits per heavy atom. The Balaban J connectivity index is 2.26. The fraction of sp³-hybridized carbons (Fsp3) is 1.00. The van der Waals surface area contributed by atoms with E-state index in [1.807, 2.05) is 0 Å². The molecule has 3 unspecified atom stereocenters. The van der Waals surface area contributed by atoms with Crippen LogP contribution in [0.2, 0.25) is 0 Å². The summed E-state index contributed by atoms with van der Waals surface area (Å²) in [5, 5.41) is 3.80. The average Bonchev–Trinajstić information content (AvgIpc) is 2.62. The van der Waals surface area contributed by atoms with Crippen molar-refractivity contribution in [2.24, 2.45) is 11.3 Å². The molecule has 2 nitrogen and oxygen atoms in total. The van der Waals surface area contributed by atoms with Crippen molar-refractivity contribution in [2.75, 3.05) is 20.1 Å². The molecule has 3 atom stereocenters. The monoisotopic (exact) mass is 282 g/mol. The van der Waals surface area contributed by atoms with Gasteiger partial charge in [0.05, 0.1) is 0 Å². The Labute approximate surface area is 127 Å². The van der Waals surface area contributed by atoms with Gasteiger partial charge in [-0.15, -0.1) is 0 Å². The number of likely N-dealkylation sites (N-methyl/N-ethyl adjacent to an activating group) is 1. The van der Waals surface area contributed by atoms with Gasteiger partial charge in [-0.1, -0.05) is 34.1 Å². The molecule has 0 spiro atoms. The lowest BCUT2D eigenvalue weighted by Crippen LogP contribution is -2.38. The van der Waals surface area contributed by atoms with E-state index in [9.17, 15) is 0 Å². The maximum absolute atomic E-state index is 3.80. The van der Waals surface area contributed by atoms with Crippen LogP contribution in [-0.2, 0) is 0 Å². The fourth-order valence-corrected chi connectivity index (χ4v) is 3.35. The van der Waals surface area contributed by atoms with Gasteiger partial charge >= 0.3 is 0 Å². The van der Waals surface area contributed by atoms with Crippen LogP contribution >= 0.6 is 0 Å². The minimum Gasteiger partial charge on any atom is -0.313 e. The normalized spacial score (nSPS) is 26.6. The van der Waals surface area contributed by atoms with E-state index in [0.717, 1.165) is 18.5 Å². The Morgan fingerprint density at radius 3 is 2.45 bits per heavy atom. The van der Waals surface area contributed by atoms with Crippen molar-refractivity contribution in [3.63, 3.8) is 0 Å². The molecule has 2 heteroatoms. The lowest BCUT2D eigenvalue weighted by atomic mass is 9.76. The third-order valence-electron chi connectivity index (χ3n) is 5.43. The first-order valence-electron chi connectivity index (χ1n) is 8.78. The third-order valence-corrected chi connectivity index (χ3v) is 5.43. The number of nitrogens with zero attached hydrogens (tertiary/aromatic N) is 1. The van der Waals surface area contributed by atoms with Gasteiger partial charge < -0.3 is 10.2 Å². The lowest BCUT2D eigenvalue weighted by molar-refractivity contribution is 0.212. The predicted octanol–water partition coefficient (Wildman–Crippen LogP) is 4.30. The minimum atomic E-state index is 0.492. The minimum absolute atomic E-state index is 0.492. The molecule has 120 valence electrons. The van der Waals surface area contributed by atoms with E-state index in [1.54, 1.807) is 0 Å². The number of nitrogens with one attached hydrogen (secondary N) is 1. The van der Waals surface area contributed by atoms with E-state index in [0.29, 0.717) is 11.5 Å². The molecule has 1 aliphatic rings. The molecule has 20 heavy (non-hydrogen) atoms. The first kappa shape index (κ1) is 18.0. The highest BCUT2D eigenvalue weighted by molar-refractivity contribution is 4.81. The average molecular weight is 283 g/mol. The van der Waals surface area contributed by atoms with E-state index in [-0.39, 0.29) is 0 Å². The third kappa shape index (κ3) is 6.13. The smallest absolute Gasteiger partial charge is 0.0107 e. The second kappa shape index (κ2) is 8.38. The number of hydrogen-bond acceptors (Lipinski definition) is 2. The highest BCUT2D eigenvalue weighted by Crippen LogP contribution is 2.36. The van der Waals surface area contributed by atoms with Gasteiger partial charge in [-0.3, -0.25) is 0 Å². The van der Waals surface area contributed by atoms with Crippen molar-refractivity contribution in [1.82, 2.24) is 10.2 Å². The SMILES string of the molecule is CCC(C)N(C)CCNC1CCCC(C(C)(C)C)CC1. The molecule has 1 N–H and O–H groups in total. The fourth-order valence-electron chi connectivity index (χ4n) is 3.35. The standard InChI is InChI=1S/C18H38N2/c1-7-15(2)20(6)14-13-19-17-10-8-9-16(11-12-17)18(3,4)5/h15-17,19H,7-14H2,1-6H3. The molecule has 0 aliphatic heterocycles. The quantitative estimate of drug-likeness (QED) is 0.731. The molecule has 1 fully saturated rings. The largest absolute Gasteiger partial charge is 0.313 e. The highest BCUT2D eigenvalue weighted by atomic mass is 15.1. The van der Waals surface area contributed by atoms with Crippen LogP contribution in [0.3, 0.4) is 0 Å². The summed E-state index contributed by atoms with van der Waals surface area (Å²) >= 11 is 0. The van der Waals surface area contributed by atoms with Gasteiger partial charge in [0.1, 0.15) is 0 Å². The van der Waals surface area contributed by atoms with E-state index >= 15 is 0 Å². The zero-order valence-electron chi connectivity index (χ0n) is 14.8. The van der Waals surface area contributed by atoms with Gasteiger partial charge in [-0.05, 0) is 57.4 Å². The van der Waals surface area contributed by atoms with E-state index in [1.165, 1.54) is 45.1 Å². The summed E-state index contributed by atoms with van der Waals surface area (Å²) in [6.07, 6.45) is 8.22. The van der Waals surface area contributed by atoms with Crippen LogP contribution < -0.4 is 5.32 Å². The van der Waals surface area contributed by atoms with Crippen molar-refractivity contribution < 1.29 is 0 Å². The Morgan fingerprint density at radius 2 is 1.85 bits per heavy atom. The zero-order valence-corrected chi connectivity index (χ0v) is 14.8. The molecule has 1 rings (SSSR count). The molecule has 0 bridgehead atoms. The molecular weight excluding hydrogens is 244 g/mol. The van der Waals surface area contributed by atoms with Gasteiger partial charge in [0, 0.05) is 25.2 Å². The molecule has 0 radical (unpaired) electrons. The first-order valence-corrected chi connectivity index (χ1v) is 8.78. The van der Waals surface area contributed by atoms with Gasteiger partial charge in [-0.2, -0.15) is 0 Å². The Kier molecular flexibility index (Phi) is 7.53. The molecule has 0 heterocycles. The molecule has 0 amide bonds. The van der Waals surface area contributed by atoms with Crippen LogP contribution in [0.25, 0.3) is 0 Å². The van der Waals surface area contributed by atoms with Crippen molar-refractivity contribution in [3.8, 4) is 0 Å². The molecule has 1 saturated carbocycles. The molecule has 0 aromatic rings. The molecule has 0 aromatic carbocycles. The molecular formula is C18H38N2. The van der Waals surface area contributed by atoms with E-state index < -0.39 is 0 Å². The zero-order chi connectivity index (χ0) is 15.2. The summed E-state index contributed by atoms with van der Waals surface area (Å²) in [5.74, 6) is 0.914. The summed E-state index contributed by atoms with van der Waals surface area (Å²) in [7, 11) is 2.25. The van der Waals surface area contributed by atoms with Crippen molar-refractivity contribution in [2.45, 2.75) is 85.2 Å². The number of rotatable bonds is 6. The number of hydrogen-bond donors (Lipinski definition) is 1. The van der Waals surface area contributed by atoms with Crippen LogP contribution in [0.5, 0.6) is 0 Å². The second-order valence-corrected chi connectivity index (χ2v) is 7.96. The molecule has 0 saturated heterocycles. The highest BCUT2D eigenvalue weighted by Gasteiger charge is 2.27. The van der Waals surface area contributed by atoms with Crippen LogP contribution in [0.15, 0.2) is 0 Å². The van der Waals surface area contributed by atoms with E-state index in [4.69, 9.17) is 0 Å². The predicted molar refractivity (Wildman–Crippen MR) is 90.2 cm³/mol. The van der Waals surface area contributed by atoms with Gasteiger partial charge in [0.25, 0.3) is 0 Å². The van der Waals surface area contributed by atoms with Crippen LogP contribution in [0.1, 0.15) is 73.1 Å². The summed E-state index contributed by atoms with van der Waals surface area (Å²) in [5.41, 5.74) is 0.492. The first-order chi connectivity index (χ1) is 9.34. The van der Waals surface area contributed by atoms with Gasteiger partial charge in [-0.25, -0.2) is 0 Å². The summed E-state index contributed by atoms with van der Waals surface area (Å²) in [4.78, 5) is 2.47. The van der Waals surface area contributed by atoms with Crippen LogP contribution in [-0.4, -0.2) is 37.1 Å². The summed E-state index contributed by atoms with van der Waals surface area (Å²) in [6, 6.07) is 1.46. The Bertz CT molecular complexity index is 257. The van der Waals surface area contributed by atoms with Crippen molar-refractivity contribution in [1.29, 1.82) is 0 Å².